The minimum atomic E-state index is 0.575. The molecule has 0 saturated heterocycles. The first kappa shape index (κ1) is 16.5. The lowest BCUT2D eigenvalue weighted by atomic mass is 9.54. The smallest absolute Gasteiger partial charge is 0.121 e. The Labute approximate surface area is 147 Å². The second kappa shape index (κ2) is 6.73. The quantitative estimate of drug-likeness (QED) is 0.687. The van der Waals surface area contributed by atoms with Gasteiger partial charge in [0.05, 0.1) is 0 Å². The normalized spacial score (nSPS) is 36.0. The molecule has 0 spiro atoms. The fourth-order valence-electron chi connectivity index (χ4n) is 6.65. The topological polar surface area (TPSA) is 20.2 Å². The highest BCUT2D eigenvalue weighted by Gasteiger charge is 2.45. The van der Waals surface area contributed by atoms with Crippen molar-refractivity contribution in [1.82, 2.24) is 0 Å². The molecule has 0 radical (unpaired) electrons. The van der Waals surface area contributed by atoms with Crippen molar-refractivity contribution in [1.29, 1.82) is 0 Å². The van der Waals surface area contributed by atoms with Gasteiger partial charge in [0.25, 0.3) is 0 Å². The third-order valence-electron chi connectivity index (χ3n) is 7.62. The molecule has 1 aromatic rings. The van der Waals surface area contributed by atoms with E-state index in [2.05, 4.69) is 26.0 Å². The molecule has 0 amide bonds. The first-order chi connectivity index (χ1) is 11.6. The number of rotatable bonds is 2. The van der Waals surface area contributed by atoms with Gasteiger partial charge in [0.2, 0.25) is 0 Å². The molecule has 3 aliphatic rings. The molecular formula is C23H34O. The van der Waals surface area contributed by atoms with Crippen molar-refractivity contribution in [2.24, 2.45) is 29.6 Å². The first-order valence-electron chi connectivity index (χ1n) is 10.4. The van der Waals surface area contributed by atoms with Crippen LogP contribution in [0, 0.1) is 43.4 Å². The van der Waals surface area contributed by atoms with Gasteiger partial charge >= 0.3 is 0 Å². The van der Waals surface area contributed by atoms with E-state index in [1.807, 2.05) is 0 Å². The molecule has 0 aromatic heterocycles. The van der Waals surface area contributed by atoms with E-state index in [1.165, 1.54) is 68.9 Å². The van der Waals surface area contributed by atoms with E-state index in [0.717, 1.165) is 41.6 Å². The molecule has 3 fully saturated rings. The summed E-state index contributed by atoms with van der Waals surface area (Å²) in [5, 5.41) is 10.6. The lowest BCUT2D eigenvalue weighted by Gasteiger charge is -2.51. The summed E-state index contributed by atoms with van der Waals surface area (Å²) in [7, 11) is 0. The maximum atomic E-state index is 10.6. The summed E-state index contributed by atoms with van der Waals surface area (Å²) in [4.78, 5) is 0. The molecule has 1 nitrogen and oxygen atoms in total. The Kier molecular flexibility index (Phi) is 4.62. The van der Waals surface area contributed by atoms with Crippen LogP contribution < -0.4 is 0 Å². The van der Waals surface area contributed by atoms with Crippen molar-refractivity contribution < 1.29 is 5.11 Å². The van der Waals surface area contributed by atoms with Crippen LogP contribution in [0.5, 0.6) is 5.75 Å². The number of hydrogen-bond donors (Lipinski definition) is 1. The van der Waals surface area contributed by atoms with Crippen molar-refractivity contribution in [3.8, 4) is 5.75 Å². The van der Waals surface area contributed by atoms with Gasteiger partial charge in [0.1, 0.15) is 5.75 Å². The van der Waals surface area contributed by atoms with Crippen molar-refractivity contribution in [3.05, 3.63) is 28.8 Å². The molecule has 0 heterocycles. The number of fused-ring (bicyclic) bond motifs is 2. The van der Waals surface area contributed by atoms with Crippen LogP contribution in [0.2, 0.25) is 0 Å². The number of phenols is 1. The maximum Gasteiger partial charge on any atom is 0.121 e. The molecule has 24 heavy (non-hydrogen) atoms. The molecule has 0 bridgehead atoms. The number of aromatic hydroxyl groups is 1. The Hall–Kier alpha value is -0.980. The van der Waals surface area contributed by atoms with Crippen LogP contribution >= 0.6 is 0 Å². The van der Waals surface area contributed by atoms with E-state index >= 15 is 0 Å². The second-order valence-electron chi connectivity index (χ2n) is 9.11. The molecule has 1 heteroatoms. The van der Waals surface area contributed by atoms with Gasteiger partial charge in [0.15, 0.2) is 0 Å². The first-order valence-corrected chi connectivity index (χ1v) is 10.4. The summed E-state index contributed by atoms with van der Waals surface area (Å²) in [5.41, 5.74) is 3.59. The van der Waals surface area contributed by atoms with E-state index in [1.54, 1.807) is 0 Å². The zero-order chi connectivity index (χ0) is 16.7. The fourth-order valence-corrected chi connectivity index (χ4v) is 6.65. The third kappa shape index (κ3) is 3.00. The van der Waals surface area contributed by atoms with Gasteiger partial charge in [-0.15, -0.1) is 0 Å². The van der Waals surface area contributed by atoms with E-state index in [0.29, 0.717) is 5.75 Å². The highest BCUT2D eigenvalue weighted by molar-refractivity contribution is 5.43. The summed E-state index contributed by atoms with van der Waals surface area (Å²) >= 11 is 0. The monoisotopic (exact) mass is 326 g/mol. The van der Waals surface area contributed by atoms with Gasteiger partial charge in [0, 0.05) is 0 Å². The Balaban J connectivity index is 1.64. The van der Waals surface area contributed by atoms with Crippen LogP contribution in [0.15, 0.2) is 12.1 Å². The van der Waals surface area contributed by atoms with E-state index in [-0.39, 0.29) is 0 Å². The molecule has 3 aliphatic carbocycles. The van der Waals surface area contributed by atoms with Gasteiger partial charge in [-0.25, -0.2) is 0 Å². The molecule has 4 rings (SSSR count). The third-order valence-corrected chi connectivity index (χ3v) is 7.62. The van der Waals surface area contributed by atoms with E-state index in [4.69, 9.17) is 0 Å². The average Bonchev–Trinajstić information content (AvgIpc) is 2.59. The lowest BCUT2D eigenvalue weighted by molar-refractivity contribution is -0.0111. The van der Waals surface area contributed by atoms with Crippen LogP contribution in [0.3, 0.4) is 0 Å². The molecule has 1 aromatic carbocycles. The Morgan fingerprint density at radius 2 is 1.46 bits per heavy atom. The maximum absolute atomic E-state index is 10.6. The minimum absolute atomic E-state index is 0.575. The van der Waals surface area contributed by atoms with Crippen LogP contribution in [0.4, 0.5) is 0 Å². The van der Waals surface area contributed by atoms with Gasteiger partial charge in [-0.05, 0) is 80.2 Å². The summed E-state index contributed by atoms with van der Waals surface area (Å²) in [5.74, 6) is 5.22. The molecular weight excluding hydrogens is 292 g/mol. The molecule has 132 valence electrons. The summed E-state index contributed by atoms with van der Waals surface area (Å²) in [6.45, 7) is 4.23. The van der Waals surface area contributed by atoms with Gasteiger partial charge in [-0.1, -0.05) is 56.2 Å². The zero-order valence-corrected chi connectivity index (χ0v) is 15.6. The van der Waals surface area contributed by atoms with Gasteiger partial charge in [-0.3, -0.25) is 0 Å². The minimum Gasteiger partial charge on any atom is -0.507 e. The number of phenolic OH excluding ortho intramolecular Hbond substituents is 1. The lowest BCUT2D eigenvalue weighted by Crippen LogP contribution is -2.43. The Morgan fingerprint density at radius 1 is 0.875 bits per heavy atom. The van der Waals surface area contributed by atoms with Gasteiger partial charge in [-0.2, -0.15) is 0 Å². The number of aryl methyl sites for hydroxylation is 2. The largest absolute Gasteiger partial charge is 0.507 e. The predicted molar refractivity (Wildman–Crippen MR) is 100 cm³/mol. The Bertz CT molecular complexity index is 568. The van der Waals surface area contributed by atoms with Gasteiger partial charge < -0.3 is 5.11 Å². The molecule has 1 N–H and O–H groups in total. The average molecular weight is 327 g/mol. The van der Waals surface area contributed by atoms with Crippen molar-refractivity contribution in [2.75, 3.05) is 0 Å². The zero-order valence-electron chi connectivity index (χ0n) is 15.6. The highest BCUT2D eigenvalue weighted by Crippen LogP contribution is 2.54. The van der Waals surface area contributed by atoms with E-state index in [9.17, 15) is 5.11 Å². The standard InChI is InChI=1S/C23H34O/c1-15-11-16(2)23(24)19(12-15)14-22-20-9-5-3-7-17(20)13-18-8-4-6-10-21(18)22/h11-12,17-18,20-22,24H,3-10,13-14H2,1-2H3. The van der Waals surface area contributed by atoms with E-state index < -0.39 is 0 Å². The molecule has 4 atom stereocenters. The van der Waals surface area contributed by atoms with Crippen LogP contribution in [0.25, 0.3) is 0 Å². The van der Waals surface area contributed by atoms with Crippen LogP contribution in [-0.2, 0) is 6.42 Å². The molecule has 4 unspecified atom stereocenters. The number of benzene rings is 1. The van der Waals surface area contributed by atoms with Crippen LogP contribution in [0.1, 0.15) is 74.5 Å². The SMILES string of the molecule is Cc1cc(C)c(O)c(CC2C3CCCCC3CC3CCCCC32)c1. The van der Waals surface area contributed by atoms with Crippen molar-refractivity contribution >= 4 is 0 Å². The van der Waals surface area contributed by atoms with Crippen LogP contribution in [-0.4, -0.2) is 5.11 Å². The Morgan fingerprint density at radius 3 is 2.08 bits per heavy atom. The summed E-state index contributed by atoms with van der Waals surface area (Å²) < 4.78 is 0. The number of hydrogen-bond acceptors (Lipinski definition) is 1. The summed E-state index contributed by atoms with van der Waals surface area (Å²) in [6, 6.07) is 4.37. The predicted octanol–water partition coefficient (Wildman–Crippen LogP) is 6.18. The van der Waals surface area contributed by atoms with Crippen molar-refractivity contribution in [2.45, 2.75) is 78.1 Å². The van der Waals surface area contributed by atoms with Crippen molar-refractivity contribution in [3.63, 3.8) is 0 Å². The summed E-state index contributed by atoms with van der Waals surface area (Å²) in [6.07, 6.45) is 14.3. The fraction of sp³-hybridized carbons (Fsp3) is 0.739. The highest BCUT2D eigenvalue weighted by atomic mass is 16.3. The second-order valence-corrected chi connectivity index (χ2v) is 9.11. The molecule has 3 saturated carbocycles. The molecule has 0 aliphatic heterocycles.